The summed E-state index contributed by atoms with van der Waals surface area (Å²) >= 11 is 0. The lowest BCUT2D eigenvalue weighted by Gasteiger charge is -2.32. The van der Waals surface area contributed by atoms with Crippen molar-refractivity contribution in [3.05, 3.63) is 54.4 Å². The Morgan fingerprint density at radius 2 is 2.00 bits per heavy atom. The van der Waals surface area contributed by atoms with E-state index in [1.165, 1.54) is 0 Å². The van der Waals surface area contributed by atoms with E-state index >= 15 is 0 Å². The molecular weight excluding hydrogens is 316 g/mol. The Morgan fingerprint density at radius 3 is 2.80 bits per heavy atom. The van der Waals surface area contributed by atoms with Gasteiger partial charge in [-0.25, -0.2) is 9.97 Å². The van der Waals surface area contributed by atoms with Crippen molar-refractivity contribution in [3.63, 3.8) is 0 Å². The van der Waals surface area contributed by atoms with E-state index in [1.807, 2.05) is 36.4 Å². The molecule has 0 aliphatic carbocycles. The molecule has 1 amide bonds. The largest absolute Gasteiger partial charge is 0.367 e. The fraction of sp³-hybridized carbons (Fsp3) is 0.421. The maximum absolute atomic E-state index is 12.0. The molecular formula is C19H24N4O2. The highest BCUT2D eigenvalue weighted by atomic mass is 16.5. The van der Waals surface area contributed by atoms with E-state index < -0.39 is 0 Å². The first-order valence-electron chi connectivity index (χ1n) is 8.71. The van der Waals surface area contributed by atoms with Crippen molar-refractivity contribution in [2.24, 2.45) is 5.92 Å². The molecule has 0 unspecified atom stereocenters. The average Bonchev–Trinajstić information content (AvgIpc) is 2.68. The highest BCUT2D eigenvalue weighted by molar-refractivity contribution is 5.77. The number of hydrogen-bond acceptors (Lipinski definition) is 5. The minimum absolute atomic E-state index is 0.0657. The lowest BCUT2D eigenvalue weighted by atomic mass is 9.98. The van der Waals surface area contributed by atoms with E-state index in [2.05, 4.69) is 20.2 Å². The van der Waals surface area contributed by atoms with Crippen LogP contribution in [-0.2, 0) is 16.1 Å². The zero-order valence-electron chi connectivity index (χ0n) is 14.3. The van der Waals surface area contributed by atoms with E-state index in [0.29, 0.717) is 19.1 Å². The van der Waals surface area contributed by atoms with Gasteiger partial charge in [0.1, 0.15) is 6.61 Å². The second-order valence-electron chi connectivity index (χ2n) is 6.29. The number of aromatic nitrogens is 2. The summed E-state index contributed by atoms with van der Waals surface area (Å²) < 4.78 is 5.47. The number of ether oxygens (including phenoxy) is 1. The Balaban J connectivity index is 1.37. The second kappa shape index (κ2) is 9.13. The molecule has 1 saturated heterocycles. The van der Waals surface area contributed by atoms with Crippen LogP contribution in [0.15, 0.2) is 48.8 Å². The van der Waals surface area contributed by atoms with Gasteiger partial charge in [0.05, 0.1) is 6.61 Å². The van der Waals surface area contributed by atoms with Crippen molar-refractivity contribution in [2.75, 3.05) is 31.1 Å². The van der Waals surface area contributed by atoms with Crippen LogP contribution in [0.3, 0.4) is 0 Å². The molecule has 2 aromatic rings. The van der Waals surface area contributed by atoms with Gasteiger partial charge in [-0.2, -0.15) is 0 Å². The van der Waals surface area contributed by atoms with E-state index in [1.54, 1.807) is 12.4 Å². The van der Waals surface area contributed by atoms with Crippen molar-refractivity contribution < 1.29 is 9.53 Å². The quantitative estimate of drug-likeness (QED) is 0.835. The minimum Gasteiger partial charge on any atom is -0.367 e. The molecule has 2 heterocycles. The van der Waals surface area contributed by atoms with Crippen molar-refractivity contribution in [1.29, 1.82) is 0 Å². The number of carbonyl (C=O) groups excluding carboxylic acids is 1. The molecule has 3 rings (SSSR count). The van der Waals surface area contributed by atoms with E-state index in [9.17, 15) is 4.79 Å². The molecule has 6 heteroatoms. The molecule has 0 spiro atoms. The van der Waals surface area contributed by atoms with Gasteiger partial charge in [-0.05, 0) is 30.4 Å². The van der Waals surface area contributed by atoms with Crippen LogP contribution in [0.1, 0.15) is 18.4 Å². The summed E-state index contributed by atoms with van der Waals surface area (Å²) in [5.41, 5.74) is 1.07. The maximum atomic E-state index is 12.0. The molecule has 1 fully saturated rings. The smallest absolute Gasteiger partial charge is 0.246 e. The Kier molecular flexibility index (Phi) is 6.34. The number of nitrogens with one attached hydrogen (secondary N) is 1. The van der Waals surface area contributed by atoms with Crippen LogP contribution < -0.4 is 10.2 Å². The number of piperidine rings is 1. The van der Waals surface area contributed by atoms with Gasteiger partial charge >= 0.3 is 0 Å². The predicted molar refractivity (Wildman–Crippen MR) is 96.1 cm³/mol. The average molecular weight is 340 g/mol. The van der Waals surface area contributed by atoms with Gasteiger partial charge < -0.3 is 15.0 Å². The summed E-state index contributed by atoms with van der Waals surface area (Å²) in [7, 11) is 0. The standard InChI is InChI=1S/C19H24N4O2/c24-18(15-25-14-16-6-2-1-3-7-16)22-12-17-8-4-11-23(13-17)19-20-9-5-10-21-19/h1-3,5-7,9-10,17H,4,8,11-15H2,(H,22,24)/t17-/m0/s1. The van der Waals surface area contributed by atoms with Crippen LogP contribution in [-0.4, -0.2) is 42.1 Å². The van der Waals surface area contributed by atoms with E-state index in [0.717, 1.165) is 37.4 Å². The number of hydrogen-bond donors (Lipinski definition) is 1. The molecule has 6 nitrogen and oxygen atoms in total. The van der Waals surface area contributed by atoms with Crippen LogP contribution in [0.25, 0.3) is 0 Å². The summed E-state index contributed by atoms with van der Waals surface area (Å²) in [5, 5.41) is 2.98. The maximum Gasteiger partial charge on any atom is 0.246 e. The van der Waals surface area contributed by atoms with Gasteiger partial charge in [-0.15, -0.1) is 0 Å². The van der Waals surface area contributed by atoms with Crippen LogP contribution in [0, 0.1) is 5.92 Å². The summed E-state index contributed by atoms with van der Waals surface area (Å²) in [6.07, 6.45) is 5.72. The lowest BCUT2D eigenvalue weighted by Crippen LogP contribution is -2.42. The Morgan fingerprint density at radius 1 is 1.20 bits per heavy atom. The van der Waals surface area contributed by atoms with Gasteiger partial charge in [0.15, 0.2) is 0 Å². The second-order valence-corrected chi connectivity index (χ2v) is 6.29. The van der Waals surface area contributed by atoms with Gasteiger partial charge in [-0.1, -0.05) is 30.3 Å². The van der Waals surface area contributed by atoms with Gasteiger partial charge in [0.2, 0.25) is 11.9 Å². The minimum atomic E-state index is -0.0657. The Labute approximate surface area is 148 Å². The number of rotatable bonds is 7. The Bertz CT molecular complexity index is 651. The number of nitrogens with zero attached hydrogens (tertiary/aromatic N) is 3. The number of amides is 1. The first-order chi connectivity index (χ1) is 12.3. The summed E-state index contributed by atoms with van der Waals surface area (Å²) in [6.45, 7) is 3.05. The van der Waals surface area contributed by atoms with Crippen molar-refractivity contribution in [3.8, 4) is 0 Å². The number of anilines is 1. The SMILES string of the molecule is O=C(COCc1ccccc1)NC[C@@H]1CCCN(c2ncccn2)C1. The van der Waals surface area contributed by atoms with Crippen molar-refractivity contribution in [1.82, 2.24) is 15.3 Å². The first kappa shape index (κ1) is 17.4. The van der Waals surface area contributed by atoms with Crippen LogP contribution in [0.5, 0.6) is 0 Å². The summed E-state index contributed by atoms with van der Waals surface area (Å²) in [5.74, 6) is 1.12. The molecule has 1 aromatic carbocycles. The van der Waals surface area contributed by atoms with Crippen LogP contribution in [0.4, 0.5) is 5.95 Å². The lowest BCUT2D eigenvalue weighted by molar-refractivity contribution is -0.126. The van der Waals surface area contributed by atoms with Crippen LogP contribution in [0.2, 0.25) is 0 Å². The molecule has 1 aromatic heterocycles. The monoisotopic (exact) mass is 340 g/mol. The third-order valence-electron chi connectivity index (χ3n) is 4.29. The first-order valence-corrected chi connectivity index (χ1v) is 8.71. The molecule has 1 aliphatic heterocycles. The summed E-state index contributed by atoms with van der Waals surface area (Å²) in [4.78, 5) is 22.8. The fourth-order valence-corrected chi connectivity index (χ4v) is 3.01. The molecule has 0 bridgehead atoms. The topological polar surface area (TPSA) is 67.3 Å². The third kappa shape index (κ3) is 5.53. The van der Waals surface area contributed by atoms with Gasteiger partial charge in [0.25, 0.3) is 0 Å². The zero-order chi connectivity index (χ0) is 17.3. The predicted octanol–water partition coefficient (Wildman–Crippen LogP) is 2.03. The highest BCUT2D eigenvalue weighted by Crippen LogP contribution is 2.19. The van der Waals surface area contributed by atoms with Gasteiger partial charge in [0, 0.05) is 32.0 Å². The van der Waals surface area contributed by atoms with Crippen LogP contribution >= 0.6 is 0 Å². The fourth-order valence-electron chi connectivity index (χ4n) is 3.01. The molecule has 1 aliphatic rings. The van der Waals surface area contributed by atoms with Gasteiger partial charge in [-0.3, -0.25) is 4.79 Å². The Hall–Kier alpha value is -2.47. The molecule has 0 saturated carbocycles. The third-order valence-corrected chi connectivity index (χ3v) is 4.29. The van der Waals surface area contributed by atoms with E-state index in [4.69, 9.17) is 4.74 Å². The van der Waals surface area contributed by atoms with Crippen molar-refractivity contribution in [2.45, 2.75) is 19.4 Å². The molecule has 1 N–H and O–H groups in total. The van der Waals surface area contributed by atoms with E-state index in [-0.39, 0.29) is 12.5 Å². The number of carbonyl (C=O) groups is 1. The number of benzene rings is 1. The molecule has 0 radical (unpaired) electrons. The zero-order valence-corrected chi connectivity index (χ0v) is 14.3. The van der Waals surface area contributed by atoms with Crippen molar-refractivity contribution >= 4 is 11.9 Å². The molecule has 1 atom stereocenters. The summed E-state index contributed by atoms with van der Waals surface area (Å²) in [6, 6.07) is 11.7. The molecule has 132 valence electrons. The normalized spacial score (nSPS) is 17.3. The molecule has 25 heavy (non-hydrogen) atoms. The highest BCUT2D eigenvalue weighted by Gasteiger charge is 2.21.